The van der Waals surface area contributed by atoms with Crippen LogP contribution in [0.3, 0.4) is 0 Å². The Labute approximate surface area is 103 Å². The monoisotopic (exact) mass is 248 g/mol. The van der Waals surface area contributed by atoms with E-state index in [1.165, 1.54) is 13.2 Å². The number of aromatic carboxylic acids is 1. The molecule has 2 aromatic rings. The highest BCUT2D eigenvalue weighted by atomic mass is 16.5. The molecule has 94 valence electrons. The summed E-state index contributed by atoms with van der Waals surface area (Å²) in [6.07, 6.45) is 2.11. The second-order valence-corrected chi connectivity index (χ2v) is 3.70. The van der Waals surface area contributed by atoms with Gasteiger partial charge in [-0.25, -0.2) is 14.6 Å². The molecule has 2 aromatic heterocycles. The van der Waals surface area contributed by atoms with Crippen LogP contribution in [0, 0.1) is 0 Å². The molecule has 6 heteroatoms. The second-order valence-electron chi connectivity index (χ2n) is 3.70. The van der Waals surface area contributed by atoms with E-state index in [1.54, 1.807) is 16.7 Å². The lowest BCUT2D eigenvalue weighted by Crippen LogP contribution is -2.04. The summed E-state index contributed by atoms with van der Waals surface area (Å²) in [5, 5.41) is 9.05. The second kappa shape index (κ2) is 4.48. The lowest BCUT2D eigenvalue weighted by Gasteiger charge is -2.02. The number of ether oxygens (including phenoxy) is 1. The zero-order valence-corrected chi connectivity index (χ0v) is 10.0. The van der Waals surface area contributed by atoms with Crippen molar-refractivity contribution in [2.45, 2.75) is 13.3 Å². The van der Waals surface area contributed by atoms with E-state index in [1.807, 2.05) is 6.92 Å². The van der Waals surface area contributed by atoms with Crippen LogP contribution in [0.4, 0.5) is 0 Å². The number of hydrogen-bond acceptors (Lipinski definition) is 4. The van der Waals surface area contributed by atoms with Crippen molar-refractivity contribution in [1.29, 1.82) is 0 Å². The molecule has 0 spiro atoms. The Balaban J connectivity index is 2.69. The van der Waals surface area contributed by atoms with Crippen molar-refractivity contribution < 1.29 is 19.4 Å². The number of aryl methyl sites for hydroxylation is 1. The quantitative estimate of drug-likeness (QED) is 0.830. The molecule has 0 aromatic carbocycles. The minimum atomic E-state index is -1.09. The molecule has 1 N–H and O–H groups in total. The zero-order valence-electron chi connectivity index (χ0n) is 10.0. The fraction of sp³-hybridized carbons (Fsp3) is 0.250. The molecule has 18 heavy (non-hydrogen) atoms. The third-order valence-electron chi connectivity index (χ3n) is 2.65. The molecule has 0 aliphatic rings. The van der Waals surface area contributed by atoms with Crippen LogP contribution in [-0.4, -0.2) is 33.5 Å². The predicted octanol–water partition coefficient (Wildman–Crippen LogP) is 1.38. The number of carboxylic acid groups (broad SMARTS) is 1. The molecule has 0 aliphatic heterocycles. The maximum Gasteiger partial charge on any atom is 0.356 e. The molecule has 0 aliphatic carbocycles. The topological polar surface area (TPSA) is 80.9 Å². The minimum Gasteiger partial charge on any atom is -0.476 e. The number of imidazole rings is 1. The van der Waals surface area contributed by atoms with Gasteiger partial charge in [0.1, 0.15) is 5.82 Å². The first-order chi connectivity index (χ1) is 8.58. The van der Waals surface area contributed by atoms with Crippen molar-refractivity contribution >= 4 is 17.5 Å². The summed E-state index contributed by atoms with van der Waals surface area (Å²) in [7, 11) is 1.30. The van der Waals surface area contributed by atoms with Crippen molar-refractivity contribution in [3.63, 3.8) is 0 Å². The molecule has 0 saturated heterocycles. The van der Waals surface area contributed by atoms with E-state index in [2.05, 4.69) is 9.72 Å². The van der Waals surface area contributed by atoms with Crippen LogP contribution >= 0.6 is 0 Å². The van der Waals surface area contributed by atoms with Gasteiger partial charge in [0.05, 0.1) is 18.2 Å². The Morgan fingerprint density at radius 1 is 1.44 bits per heavy atom. The Hall–Kier alpha value is -2.37. The van der Waals surface area contributed by atoms with E-state index in [-0.39, 0.29) is 5.69 Å². The first-order valence-corrected chi connectivity index (χ1v) is 5.41. The van der Waals surface area contributed by atoms with Gasteiger partial charge in [-0.3, -0.25) is 0 Å². The summed E-state index contributed by atoms with van der Waals surface area (Å²) in [5.74, 6) is -0.962. The molecule has 0 fully saturated rings. The first kappa shape index (κ1) is 12.1. The molecule has 6 nitrogen and oxygen atoms in total. The van der Waals surface area contributed by atoms with Gasteiger partial charge in [-0.2, -0.15) is 0 Å². The number of aromatic nitrogens is 2. The van der Waals surface area contributed by atoms with Gasteiger partial charge in [0.15, 0.2) is 5.69 Å². The summed E-state index contributed by atoms with van der Waals surface area (Å²) in [6.45, 7) is 1.87. The summed E-state index contributed by atoms with van der Waals surface area (Å²) in [6, 6.07) is 3.08. The molecule has 0 unspecified atom stereocenters. The van der Waals surface area contributed by atoms with Crippen LogP contribution in [0.1, 0.15) is 33.6 Å². The number of esters is 1. The zero-order chi connectivity index (χ0) is 13.3. The third-order valence-corrected chi connectivity index (χ3v) is 2.65. The predicted molar refractivity (Wildman–Crippen MR) is 62.9 cm³/mol. The van der Waals surface area contributed by atoms with Crippen molar-refractivity contribution in [1.82, 2.24) is 9.38 Å². The van der Waals surface area contributed by atoms with Gasteiger partial charge < -0.3 is 14.2 Å². The van der Waals surface area contributed by atoms with Crippen molar-refractivity contribution in [3.05, 3.63) is 35.4 Å². The summed E-state index contributed by atoms with van der Waals surface area (Å²) in [4.78, 5) is 26.5. The van der Waals surface area contributed by atoms with E-state index in [4.69, 9.17) is 5.11 Å². The molecule has 0 radical (unpaired) electrons. The molecular weight excluding hydrogens is 236 g/mol. The number of hydrogen-bond donors (Lipinski definition) is 1. The van der Waals surface area contributed by atoms with Crippen LogP contribution in [0.25, 0.3) is 5.52 Å². The largest absolute Gasteiger partial charge is 0.476 e. The fourth-order valence-electron chi connectivity index (χ4n) is 1.79. The van der Waals surface area contributed by atoms with Crippen LogP contribution in [0.5, 0.6) is 0 Å². The molecule has 0 saturated carbocycles. The SMILES string of the molecule is CCc1nc(C(=O)O)c2ccc(C(=O)OC)cn12. The fourth-order valence-corrected chi connectivity index (χ4v) is 1.79. The highest BCUT2D eigenvalue weighted by molar-refractivity contribution is 5.95. The van der Waals surface area contributed by atoms with Crippen molar-refractivity contribution in [3.8, 4) is 0 Å². The Morgan fingerprint density at radius 2 is 2.17 bits per heavy atom. The Morgan fingerprint density at radius 3 is 2.72 bits per heavy atom. The van der Waals surface area contributed by atoms with E-state index < -0.39 is 11.9 Å². The van der Waals surface area contributed by atoms with E-state index in [0.29, 0.717) is 23.3 Å². The van der Waals surface area contributed by atoms with Crippen molar-refractivity contribution in [2.24, 2.45) is 0 Å². The van der Waals surface area contributed by atoms with Crippen LogP contribution < -0.4 is 0 Å². The number of nitrogens with zero attached hydrogens (tertiary/aromatic N) is 2. The van der Waals surface area contributed by atoms with Gasteiger partial charge >= 0.3 is 11.9 Å². The van der Waals surface area contributed by atoms with Gasteiger partial charge in [-0.15, -0.1) is 0 Å². The first-order valence-electron chi connectivity index (χ1n) is 5.41. The Kier molecular flexibility index (Phi) is 3.01. The lowest BCUT2D eigenvalue weighted by atomic mass is 10.2. The number of methoxy groups -OCH3 is 1. The molecule has 0 bridgehead atoms. The van der Waals surface area contributed by atoms with Crippen LogP contribution in [-0.2, 0) is 11.2 Å². The van der Waals surface area contributed by atoms with Gasteiger partial charge in [0, 0.05) is 12.6 Å². The lowest BCUT2D eigenvalue weighted by molar-refractivity contribution is 0.0599. The number of carbonyl (C=O) groups excluding carboxylic acids is 1. The smallest absolute Gasteiger partial charge is 0.356 e. The molecular formula is C12H12N2O4. The number of pyridine rings is 1. The maximum atomic E-state index is 11.4. The molecule has 0 amide bonds. The highest BCUT2D eigenvalue weighted by Crippen LogP contribution is 2.16. The summed E-state index contributed by atoms with van der Waals surface area (Å²) < 4.78 is 6.23. The number of carboxylic acids is 1. The number of fused-ring (bicyclic) bond motifs is 1. The van der Waals surface area contributed by atoms with E-state index >= 15 is 0 Å². The molecule has 2 rings (SSSR count). The molecule has 2 heterocycles. The third kappa shape index (κ3) is 1.81. The highest BCUT2D eigenvalue weighted by Gasteiger charge is 2.17. The maximum absolute atomic E-state index is 11.4. The standard InChI is InChI=1S/C12H12N2O4/c1-3-9-13-10(11(15)16)8-5-4-7(6-14(8)9)12(17)18-2/h4-6H,3H2,1-2H3,(H,15,16). The van der Waals surface area contributed by atoms with Crippen LogP contribution in [0.15, 0.2) is 18.3 Å². The van der Waals surface area contributed by atoms with Crippen LogP contribution in [0.2, 0.25) is 0 Å². The van der Waals surface area contributed by atoms with Crippen molar-refractivity contribution in [2.75, 3.05) is 7.11 Å². The number of rotatable bonds is 3. The van der Waals surface area contributed by atoms with Gasteiger partial charge in [0.25, 0.3) is 0 Å². The summed E-state index contributed by atoms with van der Waals surface area (Å²) >= 11 is 0. The normalized spacial score (nSPS) is 10.6. The number of carbonyl (C=O) groups is 2. The molecule has 0 atom stereocenters. The van der Waals surface area contributed by atoms with Gasteiger partial charge in [-0.1, -0.05) is 6.92 Å². The Bertz CT molecular complexity index is 630. The van der Waals surface area contributed by atoms with E-state index in [9.17, 15) is 9.59 Å². The van der Waals surface area contributed by atoms with Gasteiger partial charge in [-0.05, 0) is 12.1 Å². The summed E-state index contributed by atoms with van der Waals surface area (Å²) in [5.41, 5.74) is 0.810. The van der Waals surface area contributed by atoms with Gasteiger partial charge in [0.2, 0.25) is 0 Å². The van der Waals surface area contributed by atoms with E-state index in [0.717, 1.165) is 0 Å². The average molecular weight is 248 g/mol. The average Bonchev–Trinajstić information content (AvgIpc) is 2.75. The minimum absolute atomic E-state index is 0.0109.